The summed E-state index contributed by atoms with van der Waals surface area (Å²) in [5.74, 6) is 0.899. The van der Waals surface area contributed by atoms with Gasteiger partial charge in [-0.1, -0.05) is 13.8 Å². The van der Waals surface area contributed by atoms with E-state index < -0.39 is 0 Å². The molecular formula is C15H30IN3O2. The Balaban J connectivity index is 0.00000220. The van der Waals surface area contributed by atoms with Crippen LogP contribution in [-0.4, -0.2) is 51.0 Å². The molecule has 1 saturated carbocycles. The van der Waals surface area contributed by atoms with Gasteiger partial charge in [0.1, 0.15) is 0 Å². The highest BCUT2D eigenvalue weighted by atomic mass is 127. The van der Waals surface area contributed by atoms with Gasteiger partial charge in [-0.05, 0) is 26.2 Å². The van der Waals surface area contributed by atoms with Gasteiger partial charge in [-0.3, -0.25) is 4.99 Å². The largest absolute Gasteiger partial charge is 0.381 e. The number of halogens is 1. The molecule has 2 fully saturated rings. The van der Waals surface area contributed by atoms with Crippen LogP contribution >= 0.6 is 24.0 Å². The Bertz CT molecular complexity index is 344. The normalized spacial score (nSPS) is 31.2. The highest BCUT2D eigenvalue weighted by Gasteiger charge is 2.48. The fourth-order valence-electron chi connectivity index (χ4n) is 3.00. The Labute approximate surface area is 145 Å². The van der Waals surface area contributed by atoms with Crippen LogP contribution < -0.4 is 10.6 Å². The number of methoxy groups -OCH3 is 1. The van der Waals surface area contributed by atoms with Gasteiger partial charge in [0, 0.05) is 31.7 Å². The molecule has 2 aliphatic rings. The van der Waals surface area contributed by atoms with Crippen molar-refractivity contribution in [1.82, 2.24) is 10.6 Å². The third kappa shape index (κ3) is 4.69. The second-order valence-electron chi connectivity index (χ2n) is 6.33. The number of ether oxygens (including phenoxy) is 2. The van der Waals surface area contributed by atoms with E-state index in [4.69, 9.17) is 9.47 Å². The van der Waals surface area contributed by atoms with E-state index in [2.05, 4.69) is 36.4 Å². The molecule has 2 N–H and O–H groups in total. The van der Waals surface area contributed by atoms with E-state index >= 15 is 0 Å². The van der Waals surface area contributed by atoms with Crippen LogP contribution in [0, 0.1) is 5.41 Å². The smallest absolute Gasteiger partial charge is 0.191 e. The van der Waals surface area contributed by atoms with Gasteiger partial charge < -0.3 is 20.1 Å². The van der Waals surface area contributed by atoms with E-state index in [1.807, 2.05) is 0 Å². The standard InChI is InChI=1S/C15H29N3O2.HI/c1-5-16-14(17-10-11-7-6-8-20-11)18-12-9-13(19-4)15(12,2)3;/h11-13H,5-10H2,1-4H3,(H2,16,17,18);1H. The molecule has 124 valence electrons. The van der Waals surface area contributed by atoms with Gasteiger partial charge in [0.25, 0.3) is 0 Å². The summed E-state index contributed by atoms with van der Waals surface area (Å²) < 4.78 is 11.1. The zero-order valence-electron chi connectivity index (χ0n) is 13.6. The number of hydrogen-bond acceptors (Lipinski definition) is 3. The van der Waals surface area contributed by atoms with Crippen molar-refractivity contribution in [1.29, 1.82) is 0 Å². The Morgan fingerprint density at radius 3 is 2.71 bits per heavy atom. The molecule has 21 heavy (non-hydrogen) atoms. The van der Waals surface area contributed by atoms with E-state index in [0.29, 0.717) is 18.2 Å². The summed E-state index contributed by atoms with van der Waals surface area (Å²) in [7, 11) is 1.79. The van der Waals surface area contributed by atoms with E-state index in [0.717, 1.165) is 44.9 Å². The highest BCUT2D eigenvalue weighted by Crippen LogP contribution is 2.42. The Hall–Kier alpha value is -0.0800. The summed E-state index contributed by atoms with van der Waals surface area (Å²) in [6.07, 6.45) is 3.96. The number of aliphatic imine (C=N–C) groups is 1. The predicted molar refractivity (Wildman–Crippen MR) is 96.5 cm³/mol. The van der Waals surface area contributed by atoms with Gasteiger partial charge in [-0.25, -0.2) is 0 Å². The summed E-state index contributed by atoms with van der Waals surface area (Å²) in [6.45, 7) is 9.08. The van der Waals surface area contributed by atoms with Crippen molar-refractivity contribution in [2.24, 2.45) is 10.4 Å². The van der Waals surface area contributed by atoms with Gasteiger partial charge in [0.15, 0.2) is 5.96 Å². The number of guanidine groups is 1. The molecule has 3 unspecified atom stereocenters. The molecule has 2 rings (SSSR count). The lowest BCUT2D eigenvalue weighted by Crippen LogP contribution is -2.63. The highest BCUT2D eigenvalue weighted by molar-refractivity contribution is 14.0. The molecule has 0 aromatic carbocycles. The predicted octanol–water partition coefficient (Wildman–Crippen LogP) is 2.15. The fourth-order valence-corrected chi connectivity index (χ4v) is 3.00. The first kappa shape index (κ1) is 19.0. The lowest BCUT2D eigenvalue weighted by atomic mass is 9.64. The molecule has 1 heterocycles. The lowest BCUT2D eigenvalue weighted by molar-refractivity contribution is -0.0922. The minimum Gasteiger partial charge on any atom is -0.381 e. The molecule has 0 spiro atoms. The average Bonchev–Trinajstić information content (AvgIpc) is 2.93. The molecule has 0 radical (unpaired) electrons. The van der Waals surface area contributed by atoms with Crippen molar-refractivity contribution in [3.63, 3.8) is 0 Å². The van der Waals surface area contributed by atoms with Crippen molar-refractivity contribution in [2.75, 3.05) is 26.8 Å². The zero-order valence-corrected chi connectivity index (χ0v) is 16.0. The van der Waals surface area contributed by atoms with Gasteiger partial charge in [-0.2, -0.15) is 0 Å². The van der Waals surface area contributed by atoms with Crippen LogP contribution in [0.4, 0.5) is 0 Å². The summed E-state index contributed by atoms with van der Waals surface area (Å²) in [5.41, 5.74) is 0.148. The maximum absolute atomic E-state index is 5.62. The van der Waals surface area contributed by atoms with Crippen molar-refractivity contribution in [2.45, 2.75) is 58.3 Å². The SMILES string of the molecule is CCNC(=NCC1CCCO1)NC1CC(OC)C1(C)C.I. The van der Waals surface area contributed by atoms with Crippen LogP contribution in [0.25, 0.3) is 0 Å². The Morgan fingerprint density at radius 2 is 2.19 bits per heavy atom. The minimum atomic E-state index is 0. The summed E-state index contributed by atoms with van der Waals surface area (Å²) in [4.78, 5) is 4.66. The Kier molecular flexibility index (Phi) is 7.70. The monoisotopic (exact) mass is 411 g/mol. The molecule has 1 aliphatic heterocycles. The molecule has 3 atom stereocenters. The van der Waals surface area contributed by atoms with E-state index in [1.54, 1.807) is 7.11 Å². The topological polar surface area (TPSA) is 54.9 Å². The summed E-state index contributed by atoms with van der Waals surface area (Å²) in [6, 6.07) is 0.412. The average molecular weight is 411 g/mol. The van der Waals surface area contributed by atoms with Gasteiger partial charge >= 0.3 is 0 Å². The lowest BCUT2D eigenvalue weighted by Gasteiger charge is -2.51. The quantitative estimate of drug-likeness (QED) is 0.414. The van der Waals surface area contributed by atoms with Crippen LogP contribution in [0.3, 0.4) is 0 Å². The van der Waals surface area contributed by atoms with Crippen LogP contribution in [0.2, 0.25) is 0 Å². The molecule has 0 aromatic heterocycles. The molecule has 1 saturated heterocycles. The number of nitrogens with one attached hydrogen (secondary N) is 2. The van der Waals surface area contributed by atoms with Crippen LogP contribution in [0.1, 0.15) is 40.0 Å². The molecule has 6 heteroatoms. The van der Waals surface area contributed by atoms with Gasteiger partial charge in [-0.15, -0.1) is 24.0 Å². The molecule has 0 bridgehead atoms. The first-order valence-corrected chi connectivity index (χ1v) is 7.77. The van der Waals surface area contributed by atoms with E-state index in [9.17, 15) is 0 Å². The van der Waals surface area contributed by atoms with Gasteiger partial charge in [0.05, 0.1) is 18.8 Å². The number of rotatable bonds is 5. The van der Waals surface area contributed by atoms with Crippen molar-refractivity contribution in [3.05, 3.63) is 0 Å². The van der Waals surface area contributed by atoms with Gasteiger partial charge in [0.2, 0.25) is 0 Å². The maximum atomic E-state index is 5.62. The maximum Gasteiger partial charge on any atom is 0.191 e. The van der Waals surface area contributed by atoms with Crippen LogP contribution in [0.15, 0.2) is 4.99 Å². The van der Waals surface area contributed by atoms with E-state index in [1.165, 1.54) is 0 Å². The molecule has 5 nitrogen and oxygen atoms in total. The molecule has 0 amide bonds. The molecule has 1 aliphatic carbocycles. The van der Waals surface area contributed by atoms with Crippen molar-refractivity contribution >= 4 is 29.9 Å². The van der Waals surface area contributed by atoms with Crippen LogP contribution in [-0.2, 0) is 9.47 Å². The third-order valence-electron chi connectivity index (χ3n) is 4.59. The van der Waals surface area contributed by atoms with Crippen molar-refractivity contribution in [3.8, 4) is 0 Å². The fraction of sp³-hybridized carbons (Fsp3) is 0.933. The molecular weight excluding hydrogens is 381 g/mol. The first-order valence-electron chi connectivity index (χ1n) is 7.77. The third-order valence-corrected chi connectivity index (χ3v) is 4.59. The second kappa shape index (κ2) is 8.53. The van der Waals surface area contributed by atoms with Crippen molar-refractivity contribution < 1.29 is 9.47 Å². The zero-order chi connectivity index (χ0) is 14.6. The first-order chi connectivity index (χ1) is 9.57. The second-order valence-corrected chi connectivity index (χ2v) is 6.33. The number of hydrogen-bond donors (Lipinski definition) is 2. The van der Waals surface area contributed by atoms with E-state index in [-0.39, 0.29) is 29.4 Å². The minimum absolute atomic E-state index is 0. The number of nitrogens with zero attached hydrogens (tertiary/aromatic N) is 1. The Morgan fingerprint density at radius 1 is 1.43 bits per heavy atom. The summed E-state index contributed by atoms with van der Waals surface area (Å²) >= 11 is 0. The summed E-state index contributed by atoms with van der Waals surface area (Å²) in [5, 5.41) is 6.86. The van der Waals surface area contributed by atoms with Crippen LogP contribution in [0.5, 0.6) is 0 Å². The molecule has 0 aromatic rings.